The molecule has 1 N–H and O–H groups in total. The lowest BCUT2D eigenvalue weighted by Crippen LogP contribution is -2.70. The van der Waals surface area contributed by atoms with E-state index in [2.05, 4.69) is 12.6 Å². The van der Waals surface area contributed by atoms with Crippen LogP contribution in [-0.4, -0.2) is 45.5 Å². The zero-order chi connectivity index (χ0) is 23.9. The first kappa shape index (κ1) is 23.6. The molecular weight excluding hydrogens is 438 g/mol. The van der Waals surface area contributed by atoms with Gasteiger partial charge < -0.3 is 9.84 Å². The Hall–Kier alpha value is -1.54. The molecule has 0 unspecified atom stereocenters. The molecule has 4 rings (SSSR count). The molecule has 0 aromatic heterocycles. The number of hydrogen-bond donors (Lipinski definition) is 2. The molecule has 3 saturated carbocycles. The smallest absolute Gasteiger partial charge is 0.306 e. The number of ketones is 1. The summed E-state index contributed by atoms with van der Waals surface area (Å²) < 4.78 is 38.3. The molecule has 3 fully saturated rings. The minimum atomic E-state index is -2.24. The van der Waals surface area contributed by atoms with Crippen molar-refractivity contribution in [3.8, 4) is 0 Å². The highest BCUT2D eigenvalue weighted by Gasteiger charge is 2.77. The van der Waals surface area contributed by atoms with Gasteiger partial charge in [0.2, 0.25) is 5.12 Å². The van der Waals surface area contributed by atoms with Gasteiger partial charge in [0.25, 0.3) is 0 Å². The molecular formula is C24H30F2O5S. The first-order valence-corrected chi connectivity index (χ1v) is 11.7. The number of rotatable bonds is 3. The summed E-state index contributed by atoms with van der Waals surface area (Å²) in [7, 11) is 0. The molecule has 0 heterocycles. The number of thiol groups is 1. The average molecular weight is 469 g/mol. The molecule has 5 nitrogen and oxygen atoms in total. The van der Waals surface area contributed by atoms with Gasteiger partial charge in [-0.05, 0) is 49.8 Å². The fourth-order valence-corrected chi connectivity index (χ4v) is 8.01. The number of carbonyl (C=O) groups is 3. The Bertz CT molecular complexity index is 949. The summed E-state index contributed by atoms with van der Waals surface area (Å²) in [4.78, 5) is 37.2. The molecule has 0 aromatic carbocycles. The van der Waals surface area contributed by atoms with Crippen LogP contribution in [0.2, 0.25) is 0 Å². The third-order valence-electron chi connectivity index (χ3n) is 9.05. The van der Waals surface area contributed by atoms with Crippen molar-refractivity contribution in [1.82, 2.24) is 0 Å². The molecule has 4 aliphatic carbocycles. The van der Waals surface area contributed by atoms with Gasteiger partial charge in [-0.25, -0.2) is 8.78 Å². The van der Waals surface area contributed by atoms with Crippen molar-refractivity contribution < 1.29 is 33.0 Å². The number of halogens is 2. The third-order valence-corrected chi connectivity index (χ3v) is 9.38. The summed E-state index contributed by atoms with van der Waals surface area (Å²) >= 11 is 4.09. The van der Waals surface area contributed by atoms with E-state index in [4.69, 9.17) is 4.74 Å². The summed E-state index contributed by atoms with van der Waals surface area (Å²) in [5, 5.41) is 10.7. The van der Waals surface area contributed by atoms with Gasteiger partial charge in [-0.2, -0.15) is 0 Å². The molecule has 0 bridgehead atoms. The first-order chi connectivity index (χ1) is 14.8. The molecule has 0 amide bonds. The Kier molecular flexibility index (Phi) is 5.33. The van der Waals surface area contributed by atoms with Crippen LogP contribution in [0.4, 0.5) is 8.78 Å². The zero-order valence-corrected chi connectivity index (χ0v) is 19.6. The standard InChI is InChI=1S/C24H30F2O5S/c1-5-19(29)31-24(20(30)32)12(2)8-14-15-10-17(25)16-9-13(27)6-7-21(16,3)23(15,26)18(28)11-22(14,24)4/h6-7,9,12,14-15,17-18,28H,5,8,10-11H2,1-4H3,(H,30,32)/t12-,14-,15-,17-,18-,21-,22-,23-,24-/m0/s1. The van der Waals surface area contributed by atoms with Crippen molar-refractivity contribution in [2.24, 2.45) is 28.6 Å². The number of aliphatic hydroxyl groups is 1. The summed E-state index contributed by atoms with van der Waals surface area (Å²) in [5.41, 5.74) is -6.46. The minimum Gasteiger partial charge on any atom is -0.449 e. The topological polar surface area (TPSA) is 80.7 Å². The van der Waals surface area contributed by atoms with E-state index >= 15 is 8.78 Å². The Morgan fingerprint density at radius 2 is 1.94 bits per heavy atom. The number of allylic oxidation sites excluding steroid dienone is 4. The van der Waals surface area contributed by atoms with E-state index in [1.807, 2.05) is 0 Å². The van der Waals surface area contributed by atoms with Crippen LogP contribution in [0.1, 0.15) is 53.4 Å². The number of alkyl halides is 2. The molecule has 0 spiro atoms. The van der Waals surface area contributed by atoms with Crippen LogP contribution in [-0.2, 0) is 19.1 Å². The second kappa shape index (κ2) is 7.23. The van der Waals surface area contributed by atoms with Gasteiger partial charge in [0, 0.05) is 29.1 Å². The van der Waals surface area contributed by atoms with Crippen LogP contribution in [0.15, 0.2) is 23.8 Å². The number of ether oxygens (including phenoxy) is 1. The van der Waals surface area contributed by atoms with Gasteiger partial charge in [-0.3, -0.25) is 14.4 Å². The van der Waals surface area contributed by atoms with Gasteiger partial charge in [-0.1, -0.05) is 26.8 Å². The van der Waals surface area contributed by atoms with E-state index < -0.39 is 69.0 Å². The zero-order valence-electron chi connectivity index (χ0n) is 18.7. The molecule has 0 saturated heterocycles. The Morgan fingerprint density at radius 3 is 2.53 bits per heavy atom. The minimum absolute atomic E-state index is 0.0476. The molecule has 0 aromatic rings. The predicted molar refractivity (Wildman–Crippen MR) is 116 cm³/mol. The second-order valence-electron chi connectivity index (χ2n) is 10.4. The number of esters is 1. The molecule has 9 atom stereocenters. The summed E-state index contributed by atoms with van der Waals surface area (Å²) in [5.74, 6) is -2.94. The van der Waals surface area contributed by atoms with E-state index in [0.29, 0.717) is 6.42 Å². The quantitative estimate of drug-likeness (QED) is 0.488. The van der Waals surface area contributed by atoms with Crippen LogP contribution in [0.25, 0.3) is 0 Å². The lowest BCUT2D eigenvalue weighted by molar-refractivity contribution is -0.228. The van der Waals surface area contributed by atoms with Crippen molar-refractivity contribution >= 4 is 29.5 Å². The number of hydrogen-bond acceptors (Lipinski definition) is 5. The van der Waals surface area contributed by atoms with Crippen LogP contribution in [0.3, 0.4) is 0 Å². The number of carbonyl (C=O) groups excluding carboxylic acids is 3. The van der Waals surface area contributed by atoms with Gasteiger partial charge in [0.05, 0.1) is 6.10 Å². The van der Waals surface area contributed by atoms with Crippen LogP contribution in [0, 0.1) is 28.6 Å². The molecule has 0 radical (unpaired) electrons. The largest absolute Gasteiger partial charge is 0.449 e. The van der Waals surface area contributed by atoms with Crippen LogP contribution < -0.4 is 0 Å². The highest BCUT2D eigenvalue weighted by atomic mass is 32.1. The molecule has 176 valence electrons. The van der Waals surface area contributed by atoms with E-state index in [1.165, 1.54) is 19.1 Å². The maximum atomic E-state index is 17.1. The lowest BCUT2D eigenvalue weighted by Gasteiger charge is -2.63. The van der Waals surface area contributed by atoms with E-state index in [9.17, 15) is 19.5 Å². The van der Waals surface area contributed by atoms with Gasteiger partial charge >= 0.3 is 5.97 Å². The van der Waals surface area contributed by atoms with Crippen LogP contribution >= 0.6 is 12.6 Å². The molecule has 0 aliphatic heterocycles. The molecule has 32 heavy (non-hydrogen) atoms. The van der Waals surface area contributed by atoms with Crippen molar-refractivity contribution in [3.63, 3.8) is 0 Å². The number of aliphatic hydroxyl groups excluding tert-OH is 1. The highest BCUT2D eigenvalue weighted by Crippen LogP contribution is 2.71. The van der Waals surface area contributed by atoms with Gasteiger partial charge in [0.15, 0.2) is 17.1 Å². The maximum absolute atomic E-state index is 17.1. The van der Waals surface area contributed by atoms with Crippen molar-refractivity contribution in [2.75, 3.05) is 0 Å². The van der Waals surface area contributed by atoms with Crippen LogP contribution in [0.5, 0.6) is 0 Å². The average Bonchev–Trinajstić information content (AvgIpc) is 2.93. The number of fused-ring (bicyclic) bond motifs is 5. The lowest BCUT2D eigenvalue weighted by atomic mass is 9.44. The third kappa shape index (κ3) is 2.62. The monoisotopic (exact) mass is 468 g/mol. The Labute approximate surface area is 192 Å². The van der Waals surface area contributed by atoms with Gasteiger partial charge in [-0.15, -0.1) is 12.6 Å². The Balaban J connectivity index is 1.87. The first-order valence-electron chi connectivity index (χ1n) is 11.2. The van der Waals surface area contributed by atoms with Crippen molar-refractivity contribution in [2.45, 2.75) is 76.9 Å². The van der Waals surface area contributed by atoms with E-state index in [-0.39, 0.29) is 24.8 Å². The normalized spacial score (nSPS) is 49.6. The highest BCUT2D eigenvalue weighted by molar-refractivity contribution is 7.96. The summed E-state index contributed by atoms with van der Waals surface area (Å²) in [6, 6.07) is 0. The van der Waals surface area contributed by atoms with E-state index in [0.717, 1.165) is 6.08 Å². The van der Waals surface area contributed by atoms with Crippen molar-refractivity contribution in [1.29, 1.82) is 0 Å². The summed E-state index contributed by atoms with van der Waals surface area (Å²) in [6.07, 6.45) is 0.619. The maximum Gasteiger partial charge on any atom is 0.306 e. The fourth-order valence-electron chi connectivity index (χ4n) is 7.49. The van der Waals surface area contributed by atoms with Gasteiger partial charge in [0.1, 0.15) is 6.17 Å². The molecule has 8 heteroatoms. The summed E-state index contributed by atoms with van der Waals surface area (Å²) in [6.45, 7) is 6.62. The molecule has 4 aliphatic rings. The van der Waals surface area contributed by atoms with Crippen molar-refractivity contribution in [3.05, 3.63) is 23.8 Å². The second-order valence-corrected chi connectivity index (χ2v) is 10.8. The Morgan fingerprint density at radius 1 is 1.28 bits per heavy atom. The fraction of sp³-hybridized carbons (Fsp3) is 0.708. The predicted octanol–water partition coefficient (Wildman–Crippen LogP) is 3.70. The SMILES string of the molecule is CCC(=O)O[C@]1(C(=O)S)[C@@H](C)C[C@H]2[C@@H]3C[C@H](F)C4=CC(=O)C=C[C@]4(C)[C@@]3(F)[C@@H](O)C[C@@]21C. The van der Waals surface area contributed by atoms with E-state index in [1.54, 1.807) is 20.8 Å².